The van der Waals surface area contributed by atoms with E-state index in [9.17, 15) is 0 Å². The van der Waals surface area contributed by atoms with Gasteiger partial charge in [-0.3, -0.25) is 4.90 Å². The molecule has 2 saturated carbocycles. The van der Waals surface area contributed by atoms with Gasteiger partial charge in [-0.25, -0.2) is 0 Å². The summed E-state index contributed by atoms with van der Waals surface area (Å²) in [7, 11) is 0. The molecule has 0 radical (unpaired) electrons. The Morgan fingerprint density at radius 2 is 1.56 bits per heavy atom. The summed E-state index contributed by atoms with van der Waals surface area (Å²) in [5.74, 6) is 1.57. The average Bonchev–Trinajstić information content (AvgIpc) is 3.39. The predicted octanol–water partition coefficient (Wildman–Crippen LogP) is 6.30. The van der Waals surface area contributed by atoms with E-state index in [1.54, 1.807) is 5.56 Å². The van der Waals surface area contributed by atoms with E-state index in [1.165, 1.54) is 82.4 Å². The molecule has 4 fully saturated rings. The molecule has 34 heavy (non-hydrogen) atoms. The first-order chi connectivity index (χ1) is 16.4. The summed E-state index contributed by atoms with van der Waals surface area (Å²) in [6.07, 6.45) is 11.1. The van der Waals surface area contributed by atoms with Crippen LogP contribution in [0.2, 0.25) is 0 Å². The zero-order chi connectivity index (χ0) is 23.7. The molecule has 2 aliphatic heterocycles. The maximum absolute atomic E-state index is 5.64. The summed E-state index contributed by atoms with van der Waals surface area (Å²) in [4.78, 5) is 8.11. The van der Waals surface area contributed by atoms with Crippen molar-refractivity contribution in [2.24, 2.45) is 11.3 Å². The summed E-state index contributed by atoms with van der Waals surface area (Å²) < 4.78 is 5.64. The summed E-state index contributed by atoms with van der Waals surface area (Å²) in [6.45, 7) is 17.2. The number of ether oxygens (including phenoxy) is 1. The number of piperazine rings is 1. The Morgan fingerprint density at radius 1 is 0.853 bits per heavy atom. The normalized spacial score (nSPS) is 30.2. The number of anilines is 2. The molecule has 2 saturated heterocycles. The molecule has 5 rings (SSSR count). The largest absolute Gasteiger partial charge is 0.378 e. The maximum Gasteiger partial charge on any atom is 0.0642 e. The predicted molar refractivity (Wildman–Crippen MR) is 144 cm³/mol. The Morgan fingerprint density at radius 3 is 2.21 bits per heavy atom. The Balaban J connectivity index is 1.37. The quantitative estimate of drug-likeness (QED) is 0.517. The minimum Gasteiger partial charge on any atom is -0.378 e. The topological polar surface area (TPSA) is 19.0 Å². The van der Waals surface area contributed by atoms with Crippen LogP contribution in [0.4, 0.5) is 11.4 Å². The zero-order valence-electron chi connectivity index (χ0n) is 22.4. The molecule has 0 spiro atoms. The van der Waals surface area contributed by atoms with Gasteiger partial charge in [0.15, 0.2) is 0 Å². The summed E-state index contributed by atoms with van der Waals surface area (Å²) in [6, 6.07) is 8.91. The molecule has 0 amide bonds. The third kappa shape index (κ3) is 5.28. The Hall–Kier alpha value is -1.26. The number of hydrogen-bond acceptors (Lipinski definition) is 4. The number of nitrogens with zero attached hydrogens (tertiary/aromatic N) is 3. The van der Waals surface area contributed by atoms with Crippen LogP contribution in [-0.2, 0) is 4.74 Å². The van der Waals surface area contributed by atoms with E-state index in [0.717, 1.165) is 38.3 Å². The van der Waals surface area contributed by atoms with Gasteiger partial charge in [-0.15, -0.1) is 0 Å². The van der Waals surface area contributed by atoms with E-state index in [2.05, 4.69) is 60.6 Å². The molecule has 4 heteroatoms. The second-order valence-corrected chi connectivity index (χ2v) is 12.7. The monoisotopic (exact) mass is 467 g/mol. The van der Waals surface area contributed by atoms with Crippen molar-refractivity contribution >= 4 is 11.4 Å². The molecule has 2 aliphatic carbocycles. The van der Waals surface area contributed by atoms with Gasteiger partial charge in [0.05, 0.1) is 13.2 Å². The summed E-state index contributed by atoms with van der Waals surface area (Å²) >= 11 is 0. The van der Waals surface area contributed by atoms with Gasteiger partial charge in [-0.1, -0.05) is 33.6 Å². The van der Waals surface area contributed by atoms with Crippen LogP contribution in [0.5, 0.6) is 0 Å². The lowest BCUT2D eigenvalue weighted by Gasteiger charge is -2.45. The van der Waals surface area contributed by atoms with Crippen molar-refractivity contribution in [3.63, 3.8) is 0 Å². The van der Waals surface area contributed by atoms with Gasteiger partial charge < -0.3 is 14.5 Å². The lowest BCUT2D eigenvalue weighted by atomic mass is 9.68. The Bertz CT molecular complexity index is 798. The molecule has 1 atom stereocenters. The molecule has 0 N–H and O–H groups in total. The minimum absolute atomic E-state index is 0.439. The molecule has 1 unspecified atom stereocenters. The lowest BCUT2D eigenvalue weighted by molar-refractivity contribution is 0.122. The summed E-state index contributed by atoms with van der Waals surface area (Å²) in [5, 5.41) is 0. The van der Waals surface area contributed by atoms with Gasteiger partial charge in [0.2, 0.25) is 0 Å². The van der Waals surface area contributed by atoms with Gasteiger partial charge in [-0.05, 0) is 86.5 Å². The van der Waals surface area contributed by atoms with Crippen molar-refractivity contribution in [3.05, 3.63) is 23.8 Å². The molecular formula is C30H49N3O. The Kier molecular flexibility index (Phi) is 7.46. The standard InChI is InChI=1S/C30H49N3O/c1-23-22-32(26-7-5-6-8-26)15-16-33(23)29-14-13-27(31-17-19-34-20-18-31)21-28(29)24-9-11-25(12-10-24)30(2,3)4/h13-14,21,23-26H,5-12,15-20,22H2,1-4H3. The van der Waals surface area contributed by atoms with Gasteiger partial charge >= 0.3 is 0 Å². The van der Waals surface area contributed by atoms with Crippen molar-refractivity contribution < 1.29 is 4.74 Å². The van der Waals surface area contributed by atoms with Crippen molar-refractivity contribution in [2.45, 2.75) is 97.1 Å². The smallest absolute Gasteiger partial charge is 0.0642 e. The van der Waals surface area contributed by atoms with E-state index in [1.807, 2.05) is 0 Å². The van der Waals surface area contributed by atoms with E-state index in [-0.39, 0.29) is 0 Å². The molecule has 2 heterocycles. The lowest BCUT2D eigenvalue weighted by Crippen LogP contribution is -2.54. The maximum atomic E-state index is 5.64. The highest BCUT2D eigenvalue weighted by molar-refractivity contribution is 5.64. The van der Waals surface area contributed by atoms with E-state index < -0.39 is 0 Å². The van der Waals surface area contributed by atoms with Gasteiger partial charge in [0, 0.05) is 56.2 Å². The fraction of sp³-hybridized carbons (Fsp3) is 0.800. The molecule has 1 aromatic rings. The third-order valence-electron chi connectivity index (χ3n) is 9.59. The molecule has 0 aromatic heterocycles. The molecule has 190 valence electrons. The minimum atomic E-state index is 0.439. The van der Waals surface area contributed by atoms with E-state index in [4.69, 9.17) is 4.74 Å². The summed E-state index contributed by atoms with van der Waals surface area (Å²) in [5.41, 5.74) is 5.03. The van der Waals surface area contributed by atoms with Crippen LogP contribution in [0.25, 0.3) is 0 Å². The van der Waals surface area contributed by atoms with Crippen LogP contribution in [0.3, 0.4) is 0 Å². The molecule has 1 aromatic carbocycles. The van der Waals surface area contributed by atoms with Gasteiger partial charge in [0.1, 0.15) is 0 Å². The van der Waals surface area contributed by atoms with Crippen LogP contribution >= 0.6 is 0 Å². The van der Waals surface area contributed by atoms with Crippen LogP contribution in [-0.4, -0.2) is 62.9 Å². The first kappa shape index (κ1) is 24.4. The van der Waals surface area contributed by atoms with Crippen molar-refractivity contribution in [2.75, 3.05) is 55.7 Å². The van der Waals surface area contributed by atoms with Gasteiger partial charge in [0.25, 0.3) is 0 Å². The van der Waals surface area contributed by atoms with Crippen LogP contribution in [0.1, 0.15) is 90.5 Å². The Labute approximate surface area is 209 Å². The van der Waals surface area contributed by atoms with Gasteiger partial charge in [-0.2, -0.15) is 0 Å². The first-order valence-corrected chi connectivity index (χ1v) is 14.4. The molecule has 4 aliphatic rings. The number of benzene rings is 1. The van der Waals surface area contributed by atoms with E-state index >= 15 is 0 Å². The fourth-order valence-corrected chi connectivity index (χ4v) is 7.36. The first-order valence-electron chi connectivity index (χ1n) is 14.4. The SMILES string of the molecule is CC1CN(C2CCCC2)CCN1c1ccc(N2CCOCC2)cc1C1CCC(C(C)(C)C)CC1. The second-order valence-electron chi connectivity index (χ2n) is 12.7. The van der Waals surface area contributed by atoms with Crippen LogP contribution in [0.15, 0.2) is 18.2 Å². The second kappa shape index (κ2) is 10.4. The molecule has 4 nitrogen and oxygen atoms in total. The van der Waals surface area contributed by atoms with Crippen LogP contribution in [0, 0.1) is 11.3 Å². The highest BCUT2D eigenvalue weighted by atomic mass is 16.5. The molecule has 0 bridgehead atoms. The number of rotatable bonds is 4. The van der Waals surface area contributed by atoms with Crippen LogP contribution < -0.4 is 9.80 Å². The number of morpholine rings is 1. The number of hydrogen-bond donors (Lipinski definition) is 0. The van der Waals surface area contributed by atoms with E-state index in [0.29, 0.717) is 17.4 Å². The third-order valence-corrected chi connectivity index (χ3v) is 9.59. The van der Waals surface area contributed by atoms with Crippen molar-refractivity contribution in [3.8, 4) is 0 Å². The molecular weight excluding hydrogens is 418 g/mol. The highest BCUT2D eigenvalue weighted by Crippen LogP contribution is 2.46. The van der Waals surface area contributed by atoms with Crippen molar-refractivity contribution in [1.29, 1.82) is 0 Å². The van der Waals surface area contributed by atoms with Crippen molar-refractivity contribution in [1.82, 2.24) is 4.90 Å². The highest BCUT2D eigenvalue weighted by Gasteiger charge is 2.34. The fourth-order valence-electron chi connectivity index (χ4n) is 7.36. The zero-order valence-corrected chi connectivity index (χ0v) is 22.4. The average molecular weight is 468 g/mol.